The third-order valence-electron chi connectivity index (χ3n) is 3.93. The van der Waals surface area contributed by atoms with Crippen molar-refractivity contribution >= 4 is 60.8 Å². The van der Waals surface area contributed by atoms with Gasteiger partial charge < -0.3 is 4.74 Å². The minimum absolute atomic E-state index is 0.257. The highest BCUT2D eigenvalue weighted by Crippen LogP contribution is 2.35. The van der Waals surface area contributed by atoms with Crippen LogP contribution < -0.4 is 4.74 Å². The molecular weight excluding hydrogens is 506 g/mol. The van der Waals surface area contributed by atoms with E-state index in [-0.39, 0.29) is 17.7 Å². The van der Waals surface area contributed by atoms with E-state index < -0.39 is 0 Å². The second-order valence-corrected chi connectivity index (χ2v) is 9.56. The van der Waals surface area contributed by atoms with Crippen LogP contribution in [0, 0.1) is 5.92 Å². The van der Waals surface area contributed by atoms with Crippen molar-refractivity contribution in [2.24, 2.45) is 5.92 Å². The van der Waals surface area contributed by atoms with Gasteiger partial charge in [-0.1, -0.05) is 48.0 Å². The summed E-state index contributed by atoms with van der Waals surface area (Å²) in [7, 11) is 0. The van der Waals surface area contributed by atoms with Crippen molar-refractivity contribution in [3.8, 4) is 5.75 Å². The zero-order valence-electron chi connectivity index (χ0n) is 15.4. The Morgan fingerprint density at radius 2 is 1.93 bits per heavy atom. The van der Waals surface area contributed by atoms with Gasteiger partial charge in [0.1, 0.15) is 5.75 Å². The minimum atomic E-state index is -0.272. The summed E-state index contributed by atoms with van der Waals surface area (Å²) in [6.07, 6.45) is 1.74. The lowest BCUT2D eigenvalue weighted by Gasteiger charge is -2.12. The Morgan fingerprint density at radius 3 is 2.61 bits per heavy atom. The molecule has 0 aromatic heterocycles. The van der Waals surface area contributed by atoms with Gasteiger partial charge in [-0.15, -0.1) is 0 Å². The molecule has 4 nitrogen and oxygen atoms in total. The molecule has 0 unspecified atom stereocenters. The molecule has 28 heavy (non-hydrogen) atoms. The van der Waals surface area contributed by atoms with E-state index in [9.17, 15) is 9.59 Å². The number of ether oxygens (including phenoxy) is 1. The summed E-state index contributed by atoms with van der Waals surface area (Å²) in [6.45, 7) is 5.07. The molecule has 1 saturated heterocycles. The van der Waals surface area contributed by atoms with Crippen molar-refractivity contribution in [2.75, 3.05) is 6.61 Å². The Labute approximate surface area is 185 Å². The first kappa shape index (κ1) is 21.1. The highest BCUT2D eigenvalue weighted by atomic mass is 79.9. The first-order chi connectivity index (χ1) is 13.3. The Balaban J connectivity index is 1.75. The van der Waals surface area contributed by atoms with Crippen LogP contribution in [-0.2, 0) is 11.3 Å². The van der Waals surface area contributed by atoms with Crippen molar-refractivity contribution < 1.29 is 14.3 Å². The summed E-state index contributed by atoms with van der Waals surface area (Å²) < 4.78 is 7.48. The van der Waals surface area contributed by atoms with Gasteiger partial charge in [-0.2, -0.15) is 0 Å². The zero-order valence-corrected chi connectivity index (χ0v) is 19.4. The molecule has 7 heteroatoms. The van der Waals surface area contributed by atoms with E-state index in [1.807, 2.05) is 42.5 Å². The fourth-order valence-electron chi connectivity index (χ4n) is 2.59. The lowest BCUT2D eigenvalue weighted by molar-refractivity contribution is -0.123. The van der Waals surface area contributed by atoms with Gasteiger partial charge in [0, 0.05) is 4.47 Å². The molecule has 0 atom stereocenters. The molecule has 3 rings (SSSR count). The lowest BCUT2D eigenvalue weighted by Crippen LogP contribution is -2.27. The standard InChI is InChI=1S/C21H19Br2NO3S/c1-13(2)12-27-18-7-6-14(9-17(18)23)10-19-20(25)24(21(26)28-19)11-15-4-3-5-16(22)8-15/h3-10,13H,11-12H2,1-2H3/b19-10+. The molecule has 0 bridgehead atoms. The Kier molecular flexibility index (Phi) is 7.01. The molecule has 0 aliphatic carbocycles. The molecule has 1 fully saturated rings. The number of thioether (sulfide) groups is 1. The monoisotopic (exact) mass is 523 g/mol. The summed E-state index contributed by atoms with van der Waals surface area (Å²) in [5, 5.41) is -0.257. The normalized spacial score (nSPS) is 15.8. The third kappa shape index (κ3) is 5.27. The van der Waals surface area contributed by atoms with E-state index in [0.29, 0.717) is 17.4 Å². The maximum absolute atomic E-state index is 12.7. The predicted molar refractivity (Wildman–Crippen MR) is 120 cm³/mol. The van der Waals surface area contributed by atoms with Crippen LogP contribution in [0.25, 0.3) is 6.08 Å². The number of hydrogen-bond acceptors (Lipinski definition) is 4. The van der Waals surface area contributed by atoms with Gasteiger partial charge in [-0.3, -0.25) is 14.5 Å². The average molecular weight is 525 g/mol. The lowest BCUT2D eigenvalue weighted by atomic mass is 10.2. The predicted octanol–water partition coefficient (Wildman–Crippen LogP) is 6.48. The SMILES string of the molecule is CC(C)COc1ccc(/C=C2/SC(=O)N(Cc3cccc(Br)c3)C2=O)cc1Br. The summed E-state index contributed by atoms with van der Waals surface area (Å²) in [4.78, 5) is 26.7. The number of halogens is 2. The van der Waals surface area contributed by atoms with E-state index >= 15 is 0 Å². The molecule has 2 aromatic carbocycles. The van der Waals surface area contributed by atoms with Gasteiger partial charge in [0.25, 0.3) is 11.1 Å². The van der Waals surface area contributed by atoms with Crippen molar-refractivity contribution in [1.29, 1.82) is 0 Å². The Bertz CT molecular complexity index is 943. The Morgan fingerprint density at radius 1 is 1.14 bits per heavy atom. The van der Waals surface area contributed by atoms with Crippen LogP contribution >= 0.6 is 43.6 Å². The van der Waals surface area contributed by atoms with Crippen LogP contribution in [0.2, 0.25) is 0 Å². The number of carbonyl (C=O) groups is 2. The maximum atomic E-state index is 12.7. The van der Waals surface area contributed by atoms with Crippen molar-refractivity contribution in [1.82, 2.24) is 4.90 Å². The van der Waals surface area contributed by atoms with Crippen LogP contribution in [-0.4, -0.2) is 22.7 Å². The Hall–Kier alpha value is -1.57. The fraction of sp³-hybridized carbons (Fsp3) is 0.238. The molecule has 0 spiro atoms. The van der Waals surface area contributed by atoms with Crippen LogP contribution in [0.15, 0.2) is 56.3 Å². The summed E-state index contributed by atoms with van der Waals surface area (Å²) in [5.74, 6) is 0.920. The molecule has 1 aliphatic heterocycles. The van der Waals surface area contributed by atoms with Crippen LogP contribution in [0.4, 0.5) is 4.79 Å². The average Bonchev–Trinajstić information content (AvgIpc) is 2.88. The van der Waals surface area contributed by atoms with Gasteiger partial charge in [0.2, 0.25) is 0 Å². The first-order valence-electron chi connectivity index (χ1n) is 8.75. The summed E-state index contributed by atoms with van der Waals surface area (Å²) >= 11 is 7.88. The third-order valence-corrected chi connectivity index (χ3v) is 5.95. The van der Waals surface area contributed by atoms with Crippen molar-refractivity contribution in [2.45, 2.75) is 20.4 Å². The van der Waals surface area contributed by atoms with Gasteiger partial charge in [0.05, 0.1) is 22.5 Å². The van der Waals surface area contributed by atoms with Gasteiger partial charge in [0.15, 0.2) is 0 Å². The quantitative estimate of drug-likeness (QED) is 0.405. The number of amides is 2. The summed E-state index contributed by atoms with van der Waals surface area (Å²) in [6, 6.07) is 13.2. The second-order valence-electron chi connectivity index (χ2n) is 6.79. The highest BCUT2D eigenvalue weighted by molar-refractivity contribution is 9.10. The van der Waals surface area contributed by atoms with Crippen molar-refractivity contribution in [3.63, 3.8) is 0 Å². The molecule has 2 aromatic rings. The number of imide groups is 1. The van der Waals surface area contributed by atoms with Crippen LogP contribution in [0.3, 0.4) is 0 Å². The van der Waals surface area contributed by atoms with E-state index in [2.05, 4.69) is 45.7 Å². The van der Waals surface area contributed by atoms with E-state index in [1.165, 1.54) is 4.90 Å². The van der Waals surface area contributed by atoms with Gasteiger partial charge in [-0.05, 0) is 75.1 Å². The number of rotatable bonds is 6. The molecule has 0 saturated carbocycles. The molecular formula is C21H19Br2NO3S. The van der Waals surface area contributed by atoms with Crippen LogP contribution in [0.1, 0.15) is 25.0 Å². The number of nitrogens with zero attached hydrogens (tertiary/aromatic N) is 1. The number of carbonyl (C=O) groups excluding carboxylic acids is 2. The smallest absolute Gasteiger partial charge is 0.293 e. The van der Waals surface area contributed by atoms with E-state index in [1.54, 1.807) is 6.08 Å². The molecule has 1 aliphatic rings. The fourth-order valence-corrected chi connectivity index (χ4v) is 4.38. The first-order valence-corrected chi connectivity index (χ1v) is 11.2. The maximum Gasteiger partial charge on any atom is 0.293 e. The largest absolute Gasteiger partial charge is 0.492 e. The van der Waals surface area contributed by atoms with E-state index in [0.717, 1.165) is 37.6 Å². The highest BCUT2D eigenvalue weighted by Gasteiger charge is 2.35. The van der Waals surface area contributed by atoms with Crippen LogP contribution in [0.5, 0.6) is 5.75 Å². The number of hydrogen-bond donors (Lipinski definition) is 0. The zero-order chi connectivity index (χ0) is 20.3. The molecule has 0 N–H and O–H groups in total. The minimum Gasteiger partial charge on any atom is -0.492 e. The van der Waals surface area contributed by atoms with Crippen molar-refractivity contribution in [3.05, 3.63) is 67.4 Å². The molecule has 146 valence electrons. The molecule has 2 amide bonds. The topological polar surface area (TPSA) is 46.6 Å². The van der Waals surface area contributed by atoms with Gasteiger partial charge in [-0.25, -0.2) is 0 Å². The summed E-state index contributed by atoms with van der Waals surface area (Å²) in [5.41, 5.74) is 1.73. The number of benzene rings is 2. The second kappa shape index (κ2) is 9.29. The van der Waals surface area contributed by atoms with E-state index in [4.69, 9.17) is 4.74 Å². The molecule has 1 heterocycles. The van der Waals surface area contributed by atoms with Gasteiger partial charge >= 0.3 is 0 Å². The molecule has 0 radical (unpaired) electrons.